The van der Waals surface area contributed by atoms with E-state index < -0.39 is 0 Å². The summed E-state index contributed by atoms with van der Waals surface area (Å²) in [5, 5.41) is 13.1. The lowest BCUT2D eigenvalue weighted by atomic mass is 9.99. The minimum atomic E-state index is 0.547. The van der Waals surface area contributed by atoms with Crippen molar-refractivity contribution < 1.29 is 9.52 Å². The highest BCUT2D eigenvalue weighted by molar-refractivity contribution is 5.80. The third kappa shape index (κ3) is 2.50. The Morgan fingerprint density at radius 2 is 1.81 bits per heavy atom. The predicted molar refractivity (Wildman–Crippen MR) is 81.7 cm³/mol. The third-order valence-electron chi connectivity index (χ3n) is 3.64. The maximum Gasteiger partial charge on any atom is 0.233 e. The van der Waals surface area contributed by atoms with E-state index in [-0.39, 0.29) is 0 Å². The molecule has 0 bridgehead atoms. The molecule has 1 heterocycles. The van der Waals surface area contributed by atoms with Crippen molar-refractivity contribution in [2.75, 3.05) is 0 Å². The minimum Gasteiger partial charge on any atom is -0.618 e. The molecule has 0 atom stereocenters. The smallest absolute Gasteiger partial charge is 0.233 e. The Morgan fingerprint density at radius 1 is 1.10 bits per heavy atom. The molecule has 0 fully saturated rings. The average molecular weight is 276 g/mol. The number of carbonyl (C=O) groups excluding carboxylic acids is 1. The molecule has 21 heavy (non-hydrogen) atoms. The van der Waals surface area contributed by atoms with Crippen LogP contribution in [0.2, 0.25) is 0 Å². The van der Waals surface area contributed by atoms with Crippen molar-refractivity contribution in [3.63, 3.8) is 0 Å². The van der Waals surface area contributed by atoms with Gasteiger partial charge in [-0.05, 0) is 23.6 Å². The molecule has 3 nitrogen and oxygen atoms in total. The van der Waals surface area contributed by atoms with Crippen LogP contribution >= 0.6 is 0 Å². The van der Waals surface area contributed by atoms with Gasteiger partial charge >= 0.3 is 0 Å². The van der Waals surface area contributed by atoms with Gasteiger partial charge in [-0.3, -0.25) is 4.79 Å². The van der Waals surface area contributed by atoms with Crippen molar-refractivity contribution in [2.45, 2.75) is 13.3 Å². The van der Waals surface area contributed by atoms with Crippen molar-refractivity contribution in [3.05, 3.63) is 82.2 Å². The van der Waals surface area contributed by atoms with E-state index in [0.717, 1.165) is 27.7 Å². The van der Waals surface area contributed by atoms with Crippen LogP contribution in [0.3, 0.4) is 0 Å². The number of benzene rings is 2. The second-order valence-electron chi connectivity index (χ2n) is 5.10. The molecule has 0 aliphatic rings. The van der Waals surface area contributed by atoms with E-state index in [9.17, 15) is 10.0 Å². The molecular formula is C18H14NO2. The highest BCUT2D eigenvalue weighted by Crippen LogP contribution is 2.20. The number of aryl methyl sites for hydroxylation is 1. The van der Waals surface area contributed by atoms with Crippen LogP contribution in [0, 0.1) is 12.1 Å². The quantitative estimate of drug-likeness (QED) is 0.545. The first-order valence-corrected chi connectivity index (χ1v) is 6.77. The van der Waals surface area contributed by atoms with Crippen LogP contribution < -0.4 is 4.73 Å². The van der Waals surface area contributed by atoms with E-state index in [1.165, 1.54) is 0 Å². The largest absolute Gasteiger partial charge is 0.618 e. The highest BCUT2D eigenvalue weighted by Gasteiger charge is 2.12. The van der Waals surface area contributed by atoms with E-state index in [2.05, 4.69) is 0 Å². The highest BCUT2D eigenvalue weighted by atomic mass is 16.5. The molecule has 3 aromatic rings. The summed E-state index contributed by atoms with van der Waals surface area (Å²) in [6.45, 7) is 1.81. The lowest BCUT2D eigenvalue weighted by molar-refractivity contribution is -0.584. The number of pyridine rings is 1. The van der Waals surface area contributed by atoms with Gasteiger partial charge in [0.1, 0.15) is 0 Å². The molecule has 1 radical (unpaired) electrons. The maximum absolute atomic E-state index is 12.1. The van der Waals surface area contributed by atoms with Crippen LogP contribution in [0.1, 0.15) is 22.4 Å². The van der Waals surface area contributed by atoms with Crippen LogP contribution in [0.15, 0.2) is 54.6 Å². The van der Waals surface area contributed by atoms with E-state index in [0.29, 0.717) is 16.8 Å². The van der Waals surface area contributed by atoms with Crippen molar-refractivity contribution in [1.29, 1.82) is 0 Å². The van der Waals surface area contributed by atoms with Gasteiger partial charge in [-0.15, -0.1) is 0 Å². The Morgan fingerprint density at radius 3 is 2.52 bits per heavy atom. The Balaban J connectivity index is 2.07. The fourth-order valence-electron chi connectivity index (χ4n) is 2.56. The van der Waals surface area contributed by atoms with Crippen molar-refractivity contribution in [1.82, 2.24) is 0 Å². The molecule has 2 aromatic carbocycles. The van der Waals surface area contributed by atoms with E-state index in [4.69, 9.17) is 0 Å². The molecule has 0 saturated carbocycles. The summed E-state index contributed by atoms with van der Waals surface area (Å²) >= 11 is 0. The van der Waals surface area contributed by atoms with E-state index in [1.807, 2.05) is 55.7 Å². The number of hydrogen-bond donors (Lipinski definition) is 0. The molecule has 0 aliphatic heterocycles. The zero-order valence-corrected chi connectivity index (χ0v) is 11.7. The summed E-state index contributed by atoms with van der Waals surface area (Å²) in [5.74, 6) is 0. The number of hydrogen-bond acceptors (Lipinski definition) is 2. The first kappa shape index (κ1) is 13.3. The van der Waals surface area contributed by atoms with Gasteiger partial charge in [0, 0.05) is 24.6 Å². The zero-order chi connectivity index (χ0) is 14.8. The SMILES string of the molecule is Cc1cc(Cc2ccc([C]=O)cc2)c2ccccc2[n+]1[O-]. The lowest BCUT2D eigenvalue weighted by Gasteiger charge is -2.10. The Hall–Kier alpha value is -2.68. The lowest BCUT2D eigenvalue weighted by Crippen LogP contribution is -2.31. The van der Waals surface area contributed by atoms with Gasteiger partial charge in [0.15, 0.2) is 5.69 Å². The van der Waals surface area contributed by atoms with E-state index in [1.54, 1.807) is 12.1 Å². The Kier molecular flexibility index (Phi) is 3.40. The van der Waals surface area contributed by atoms with E-state index >= 15 is 0 Å². The fraction of sp³-hybridized carbons (Fsp3) is 0.111. The first-order chi connectivity index (χ1) is 10.2. The fourth-order valence-corrected chi connectivity index (χ4v) is 2.56. The van der Waals surface area contributed by atoms with Crippen LogP contribution in [0.25, 0.3) is 10.9 Å². The number of para-hydroxylation sites is 1. The molecule has 1 aromatic heterocycles. The number of fused-ring (bicyclic) bond motifs is 1. The van der Waals surface area contributed by atoms with Gasteiger partial charge in [0.2, 0.25) is 11.8 Å². The zero-order valence-electron chi connectivity index (χ0n) is 11.7. The van der Waals surface area contributed by atoms with Gasteiger partial charge < -0.3 is 5.21 Å². The second kappa shape index (κ2) is 5.37. The number of aromatic nitrogens is 1. The molecule has 3 heteroatoms. The summed E-state index contributed by atoms with van der Waals surface area (Å²) in [6, 6.07) is 16.9. The molecule has 0 spiro atoms. The third-order valence-corrected chi connectivity index (χ3v) is 3.64. The molecule has 0 saturated heterocycles. The molecule has 0 N–H and O–H groups in total. The number of nitrogens with zero attached hydrogens (tertiary/aromatic N) is 1. The summed E-state index contributed by atoms with van der Waals surface area (Å²) < 4.78 is 0.962. The van der Waals surface area contributed by atoms with Crippen LogP contribution in [0.5, 0.6) is 0 Å². The van der Waals surface area contributed by atoms with Crippen LogP contribution in [-0.4, -0.2) is 6.29 Å². The van der Waals surface area contributed by atoms with Gasteiger partial charge in [-0.1, -0.05) is 36.4 Å². The molecule has 0 aliphatic carbocycles. The van der Waals surface area contributed by atoms with Gasteiger partial charge in [0.05, 0.1) is 5.39 Å². The van der Waals surface area contributed by atoms with Gasteiger partial charge in [0.25, 0.3) is 0 Å². The Bertz CT molecular complexity index is 807. The summed E-state index contributed by atoms with van der Waals surface area (Å²) in [7, 11) is 0. The molecule has 103 valence electrons. The topological polar surface area (TPSA) is 44.0 Å². The van der Waals surface area contributed by atoms with Crippen LogP contribution in [0.4, 0.5) is 0 Å². The van der Waals surface area contributed by atoms with Crippen LogP contribution in [-0.2, 0) is 11.2 Å². The molecular weight excluding hydrogens is 262 g/mol. The van der Waals surface area contributed by atoms with Gasteiger partial charge in [-0.25, -0.2) is 0 Å². The maximum atomic E-state index is 12.1. The minimum absolute atomic E-state index is 0.547. The predicted octanol–water partition coefficient (Wildman–Crippen LogP) is 2.83. The molecule has 0 amide bonds. The van der Waals surface area contributed by atoms with Gasteiger partial charge in [-0.2, -0.15) is 4.73 Å². The summed E-state index contributed by atoms with van der Waals surface area (Å²) in [6.07, 6.45) is 2.59. The second-order valence-corrected chi connectivity index (χ2v) is 5.10. The summed E-state index contributed by atoms with van der Waals surface area (Å²) in [5.41, 5.74) is 4.12. The Labute approximate surface area is 123 Å². The number of rotatable bonds is 3. The summed E-state index contributed by atoms with van der Waals surface area (Å²) in [4.78, 5) is 10.6. The normalized spacial score (nSPS) is 10.7. The van der Waals surface area contributed by atoms with Crippen molar-refractivity contribution in [2.24, 2.45) is 0 Å². The standard InChI is InChI=1S/C18H14NO2/c1-13-10-16(11-14-6-8-15(12-20)9-7-14)17-4-2-3-5-18(17)19(13)21/h2-10H,11H2,1H3. The monoisotopic (exact) mass is 276 g/mol. The first-order valence-electron chi connectivity index (χ1n) is 6.77. The average Bonchev–Trinajstić information content (AvgIpc) is 2.53. The molecule has 0 unspecified atom stereocenters. The van der Waals surface area contributed by atoms with Crippen molar-refractivity contribution >= 4 is 17.2 Å². The molecule has 3 rings (SSSR count). The van der Waals surface area contributed by atoms with Crippen molar-refractivity contribution in [3.8, 4) is 0 Å².